The highest BCUT2D eigenvalue weighted by atomic mass is 16.6. The summed E-state index contributed by atoms with van der Waals surface area (Å²) in [5.41, 5.74) is 5.74. The van der Waals surface area contributed by atoms with E-state index in [1.54, 1.807) is 0 Å². The molecule has 0 radical (unpaired) electrons. The summed E-state index contributed by atoms with van der Waals surface area (Å²) >= 11 is 0. The van der Waals surface area contributed by atoms with Gasteiger partial charge >= 0.3 is 5.97 Å². The lowest BCUT2D eigenvalue weighted by Crippen LogP contribution is -2.33. The lowest BCUT2D eigenvalue weighted by Gasteiger charge is -2.37. The molecule has 2 aliphatic heterocycles. The molecule has 0 saturated heterocycles. The number of fused-ring (bicyclic) bond motifs is 6. The number of hydrogen-bond donors (Lipinski definition) is 1. The van der Waals surface area contributed by atoms with Gasteiger partial charge in [0.1, 0.15) is 11.5 Å². The molecule has 6 rings (SSSR count). The zero-order valence-electron chi connectivity index (χ0n) is 20.7. The number of carbonyl (C=O) groups is 1. The number of anilines is 3. The van der Waals surface area contributed by atoms with E-state index in [1.807, 2.05) is 79.7 Å². The first kappa shape index (κ1) is 22.2. The Hall–Kier alpha value is -4.25. The fourth-order valence-corrected chi connectivity index (χ4v) is 5.43. The number of benzene rings is 4. The Kier molecular flexibility index (Phi) is 5.22. The molecule has 5 nitrogen and oxygen atoms in total. The summed E-state index contributed by atoms with van der Waals surface area (Å²) in [5, 5.41) is 3.41. The van der Waals surface area contributed by atoms with E-state index in [0.29, 0.717) is 17.1 Å². The molecule has 0 bridgehead atoms. The second kappa shape index (κ2) is 8.45. The molecule has 4 aromatic carbocycles. The topological polar surface area (TPSA) is 50.8 Å². The number of aryl methyl sites for hydroxylation is 1. The molecule has 1 atom stereocenters. The third-order valence-electron chi connectivity index (χ3n) is 7.16. The molecule has 0 amide bonds. The van der Waals surface area contributed by atoms with Crippen LogP contribution in [-0.2, 0) is 10.3 Å². The summed E-state index contributed by atoms with van der Waals surface area (Å²) < 4.78 is 12.9. The summed E-state index contributed by atoms with van der Waals surface area (Å²) in [6.45, 7) is 8.10. The van der Waals surface area contributed by atoms with Gasteiger partial charge in [-0.15, -0.1) is 0 Å². The van der Waals surface area contributed by atoms with Gasteiger partial charge in [0.05, 0.1) is 11.3 Å². The summed E-state index contributed by atoms with van der Waals surface area (Å²) in [7, 11) is 0. The maximum atomic E-state index is 13.6. The van der Waals surface area contributed by atoms with E-state index in [9.17, 15) is 4.79 Å². The molecule has 180 valence electrons. The van der Waals surface area contributed by atoms with Gasteiger partial charge in [-0.05, 0) is 62.7 Å². The minimum absolute atomic E-state index is 0.351. The summed E-state index contributed by atoms with van der Waals surface area (Å²) in [5.74, 6) is 1.07. The van der Waals surface area contributed by atoms with Gasteiger partial charge in [-0.3, -0.25) is 0 Å². The molecule has 36 heavy (non-hydrogen) atoms. The zero-order chi connectivity index (χ0) is 24.9. The molecule has 0 aromatic heterocycles. The minimum Gasteiger partial charge on any atom is -0.456 e. The van der Waals surface area contributed by atoms with Gasteiger partial charge < -0.3 is 19.7 Å². The molecule has 2 heterocycles. The molecular weight excluding hydrogens is 448 g/mol. The fourth-order valence-electron chi connectivity index (χ4n) is 5.43. The van der Waals surface area contributed by atoms with E-state index in [1.165, 1.54) is 0 Å². The molecule has 1 N–H and O–H groups in total. The number of hydrogen-bond acceptors (Lipinski definition) is 5. The average molecular weight is 477 g/mol. The van der Waals surface area contributed by atoms with Crippen LogP contribution in [0.4, 0.5) is 17.1 Å². The van der Waals surface area contributed by atoms with Gasteiger partial charge in [-0.2, -0.15) is 0 Å². The minimum atomic E-state index is -1.08. The SMILES string of the molecule is CCN(CC)c1ccc2c(c1)Oc1cc(C)ccc1C21OC(=O)c2c(Nc3ccccc3)cccc21. The van der Waals surface area contributed by atoms with Crippen LogP contribution in [0, 0.1) is 6.92 Å². The van der Waals surface area contributed by atoms with Crippen LogP contribution in [0.5, 0.6) is 11.5 Å². The van der Waals surface area contributed by atoms with E-state index in [4.69, 9.17) is 9.47 Å². The van der Waals surface area contributed by atoms with E-state index in [2.05, 4.69) is 36.2 Å². The molecule has 1 spiro atoms. The van der Waals surface area contributed by atoms with E-state index < -0.39 is 5.60 Å². The Morgan fingerprint density at radius 3 is 2.28 bits per heavy atom. The second-order valence-corrected chi connectivity index (χ2v) is 9.24. The Bertz CT molecular complexity index is 1480. The van der Waals surface area contributed by atoms with Gasteiger partial charge in [0, 0.05) is 47.2 Å². The van der Waals surface area contributed by atoms with Crippen LogP contribution in [0.25, 0.3) is 0 Å². The van der Waals surface area contributed by atoms with Crippen molar-refractivity contribution in [2.24, 2.45) is 0 Å². The van der Waals surface area contributed by atoms with Crippen molar-refractivity contribution in [3.63, 3.8) is 0 Å². The van der Waals surface area contributed by atoms with Crippen LogP contribution in [0.3, 0.4) is 0 Å². The zero-order valence-corrected chi connectivity index (χ0v) is 20.7. The first-order valence-corrected chi connectivity index (χ1v) is 12.4. The Balaban J connectivity index is 1.58. The van der Waals surface area contributed by atoms with Crippen molar-refractivity contribution < 1.29 is 14.3 Å². The van der Waals surface area contributed by atoms with Gasteiger partial charge in [-0.1, -0.05) is 42.5 Å². The third-order valence-corrected chi connectivity index (χ3v) is 7.16. The van der Waals surface area contributed by atoms with E-state index in [-0.39, 0.29) is 5.97 Å². The number of nitrogens with zero attached hydrogens (tertiary/aromatic N) is 1. The van der Waals surface area contributed by atoms with Crippen molar-refractivity contribution in [3.05, 3.63) is 113 Å². The normalized spacial score (nSPS) is 17.0. The standard InChI is InChI=1S/C31H28N2O3/c1-4-33(5-2)22-15-17-24-28(19-22)35-27-18-20(3)14-16-23(27)31(24)25-12-9-13-26(29(25)30(34)36-31)32-21-10-7-6-8-11-21/h6-19,32H,4-5H2,1-3H3. The number of nitrogens with one attached hydrogen (secondary N) is 1. The molecule has 0 fully saturated rings. The lowest BCUT2D eigenvalue weighted by atomic mass is 9.77. The van der Waals surface area contributed by atoms with Crippen molar-refractivity contribution in [2.75, 3.05) is 23.3 Å². The molecule has 0 saturated carbocycles. The molecule has 1 unspecified atom stereocenters. The van der Waals surface area contributed by atoms with Crippen LogP contribution in [0.2, 0.25) is 0 Å². The predicted molar refractivity (Wildman–Crippen MR) is 143 cm³/mol. The van der Waals surface area contributed by atoms with E-state index in [0.717, 1.165) is 52.4 Å². The number of carbonyl (C=O) groups excluding carboxylic acids is 1. The van der Waals surface area contributed by atoms with Crippen molar-refractivity contribution >= 4 is 23.0 Å². The fraction of sp³-hybridized carbons (Fsp3) is 0.194. The number of ether oxygens (including phenoxy) is 2. The van der Waals surface area contributed by atoms with Gasteiger partial charge in [0.15, 0.2) is 5.60 Å². The highest BCUT2D eigenvalue weighted by Crippen LogP contribution is 2.57. The Morgan fingerprint density at radius 1 is 0.806 bits per heavy atom. The largest absolute Gasteiger partial charge is 0.456 e. The van der Waals surface area contributed by atoms with Gasteiger partial charge in [-0.25, -0.2) is 4.79 Å². The molecule has 0 aliphatic carbocycles. The van der Waals surface area contributed by atoms with Crippen molar-refractivity contribution in [3.8, 4) is 11.5 Å². The number of para-hydroxylation sites is 1. The van der Waals surface area contributed by atoms with Crippen LogP contribution >= 0.6 is 0 Å². The van der Waals surface area contributed by atoms with Crippen LogP contribution < -0.4 is 15.0 Å². The first-order valence-electron chi connectivity index (χ1n) is 12.4. The van der Waals surface area contributed by atoms with Crippen molar-refractivity contribution in [2.45, 2.75) is 26.4 Å². The Morgan fingerprint density at radius 2 is 1.53 bits per heavy atom. The maximum absolute atomic E-state index is 13.6. The summed E-state index contributed by atoms with van der Waals surface area (Å²) in [6, 6.07) is 28.0. The number of rotatable bonds is 5. The smallest absolute Gasteiger partial charge is 0.342 e. The number of esters is 1. The van der Waals surface area contributed by atoms with Crippen LogP contribution in [0.15, 0.2) is 84.9 Å². The lowest BCUT2D eigenvalue weighted by molar-refractivity contribution is 0.0225. The molecular formula is C31H28N2O3. The molecule has 5 heteroatoms. The van der Waals surface area contributed by atoms with E-state index >= 15 is 0 Å². The van der Waals surface area contributed by atoms with Crippen molar-refractivity contribution in [1.29, 1.82) is 0 Å². The third kappa shape index (κ3) is 3.27. The molecule has 4 aromatic rings. The highest BCUT2D eigenvalue weighted by Gasteiger charge is 2.54. The summed E-state index contributed by atoms with van der Waals surface area (Å²) in [4.78, 5) is 15.9. The van der Waals surface area contributed by atoms with Crippen molar-refractivity contribution in [1.82, 2.24) is 0 Å². The quantitative estimate of drug-likeness (QED) is 0.310. The van der Waals surface area contributed by atoms with Gasteiger partial charge in [0.25, 0.3) is 0 Å². The monoisotopic (exact) mass is 476 g/mol. The Labute approximate surface area is 211 Å². The summed E-state index contributed by atoms with van der Waals surface area (Å²) in [6.07, 6.45) is 0. The molecule has 2 aliphatic rings. The van der Waals surface area contributed by atoms with Gasteiger partial charge in [0.2, 0.25) is 0 Å². The highest BCUT2D eigenvalue weighted by molar-refractivity contribution is 6.03. The maximum Gasteiger partial charge on any atom is 0.342 e. The average Bonchev–Trinajstić information content (AvgIpc) is 3.19. The first-order chi connectivity index (χ1) is 17.5. The van der Waals surface area contributed by atoms with Crippen LogP contribution in [-0.4, -0.2) is 19.1 Å². The van der Waals surface area contributed by atoms with Crippen LogP contribution in [0.1, 0.15) is 46.5 Å². The second-order valence-electron chi connectivity index (χ2n) is 9.24. The predicted octanol–water partition coefficient (Wildman–Crippen LogP) is 7.15.